The van der Waals surface area contributed by atoms with E-state index in [0.717, 1.165) is 17.5 Å². The number of nitrogens with zero attached hydrogens (tertiary/aromatic N) is 4. The highest BCUT2D eigenvalue weighted by Gasteiger charge is 2.28. The number of anilines is 1. The maximum absolute atomic E-state index is 12.7. The van der Waals surface area contributed by atoms with Crippen LogP contribution < -0.4 is 5.32 Å². The number of amides is 2. The number of hydrogen-bond donors (Lipinski definition) is 2. The zero-order valence-corrected chi connectivity index (χ0v) is 13.9. The largest absolute Gasteiger partial charge is 0.508 e. The van der Waals surface area contributed by atoms with Crippen molar-refractivity contribution in [3.05, 3.63) is 54.0 Å². The fraction of sp³-hybridized carbons (Fsp3) is 0.278. The van der Waals surface area contributed by atoms with Gasteiger partial charge in [0, 0.05) is 25.2 Å². The summed E-state index contributed by atoms with van der Waals surface area (Å²) in [6.45, 7) is 3.30. The molecule has 1 aliphatic heterocycles. The number of aryl methyl sites for hydroxylation is 1. The molecule has 128 valence electrons. The number of nitrogens with one attached hydrogen (secondary N) is 1. The molecule has 0 bridgehead atoms. The molecule has 0 radical (unpaired) electrons. The zero-order valence-electron chi connectivity index (χ0n) is 13.9. The summed E-state index contributed by atoms with van der Waals surface area (Å²) < 4.78 is 1.64. The highest BCUT2D eigenvalue weighted by molar-refractivity contribution is 5.94. The number of likely N-dealkylation sites (tertiary alicyclic amines) is 1. The molecule has 3 aromatic rings. The van der Waals surface area contributed by atoms with Gasteiger partial charge in [0.2, 0.25) is 0 Å². The molecule has 4 rings (SSSR count). The van der Waals surface area contributed by atoms with Gasteiger partial charge in [0.25, 0.3) is 0 Å². The molecule has 25 heavy (non-hydrogen) atoms. The number of carbonyl (C=O) groups excluding carboxylic acids is 1. The zero-order chi connectivity index (χ0) is 17.4. The van der Waals surface area contributed by atoms with Crippen LogP contribution in [-0.2, 0) is 0 Å². The quantitative estimate of drug-likeness (QED) is 0.753. The average Bonchev–Trinajstić information content (AvgIpc) is 3.27. The second-order valence-corrected chi connectivity index (χ2v) is 6.36. The van der Waals surface area contributed by atoms with Gasteiger partial charge in [0.1, 0.15) is 12.1 Å². The van der Waals surface area contributed by atoms with E-state index in [0.29, 0.717) is 24.4 Å². The molecule has 2 N–H and O–H groups in total. The Labute approximate surface area is 144 Å². The third-order valence-corrected chi connectivity index (χ3v) is 4.73. The second-order valence-electron chi connectivity index (χ2n) is 6.36. The third kappa shape index (κ3) is 2.88. The predicted octanol–water partition coefficient (Wildman–Crippen LogP) is 2.76. The Kier molecular flexibility index (Phi) is 3.76. The lowest BCUT2D eigenvalue weighted by Crippen LogP contribution is -2.33. The van der Waals surface area contributed by atoms with E-state index in [1.165, 1.54) is 6.33 Å². The summed E-state index contributed by atoms with van der Waals surface area (Å²) in [5, 5.41) is 16.5. The molecular formula is C18H19N5O2. The minimum Gasteiger partial charge on any atom is -0.508 e. The van der Waals surface area contributed by atoms with Gasteiger partial charge in [0.05, 0.1) is 5.69 Å². The Balaban J connectivity index is 1.49. The van der Waals surface area contributed by atoms with Crippen molar-refractivity contribution in [1.82, 2.24) is 19.5 Å². The van der Waals surface area contributed by atoms with Crippen LogP contribution in [0.3, 0.4) is 0 Å². The van der Waals surface area contributed by atoms with Crippen molar-refractivity contribution in [2.24, 2.45) is 0 Å². The number of pyridine rings is 1. The summed E-state index contributed by atoms with van der Waals surface area (Å²) >= 11 is 0. The van der Waals surface area contributed by atoms with E-state index >= 15 is 0 Å². The lowest BCUT2D eigenvalue weighted by molar-refractivity contribution is 0.222. The van der Waals surface area contributed by atoms with Gasteiger partial charge in [-0.1, -0.05) is 12.1 Å². The Bertz CT molecular complexity index is 919. The molecule has 2 aromatic heterocycles. The fourth-order valence-corrected chi connectivity index (χ4v) is 3.28. The average molecular weight is 337 g/mol. The maximum Gasteiger partial charge on any atom is 0.321 e. The van der Waals surface area contributed by atoms with Gasteiger partial charge in [-0.25, -0.2) is 14.3 Å². The normalized spacial score (nSPS) is 17.2. The number of aromatic hydroxyl groups is 1. The van der Waals surface area contributed by atoms with Crippen LogP contribution in [-0.4, -0.2) is 43.7 Å². The molecule has 0 saturated carbocycles. The summed E-state index contributed by atoms with van der Waals surface area (Å²) in [7, 11) is 0. The first kappa shape index (κ1) is 15.4. The highest BCUT2D eigenvalue weighted by Crippen LogP contribution is 2.29. The summed E-state index contributed by atoms with van der Waals surface area (Å²) in [4.78, 5) is 18.7. The van der Waals surface area contributed by atoms with E-state index < -0.39 is 0 Å². The Morgan fingerprint density at radius 2 is 2.08 bits per heavy atom. The van der Waals surface area contributed by atoms with E-state index in [1.807, 2.05) is 36.2 Å². The van der Waals surface area contributed by atoms with Crippen LogP contribution in [0.5, 0.6) is 5.75 Å². The van der Waals surface area contributed by atoms with Crippen LogP contribution >= 0.6 is 0 Å². The minimum absolute atomic E-state index is 0.125. The number of benzene rings is 1. The van der Waals surface area contributed by atoms with E-state index in [4.69, 9.17) is 0 Å². The summed E-state index contributed by atoms with van der Waals surface area (Å²) in [5.41, 5.74) is 3.42. The fourth-order valence-electron chi connectivity index (χ4n) is 3.28. The molecule has 1 aromatic carbocycles. The molecule has 1 saturated heterocycles. The number of urea groups is 1. The van der Waals surface area contributed by atoms with Gasteiger partial charge in [-0.15, -0.1) is 0 Å². The van der Waals surface area contributed by atoms with E-state index in [-0.39, 0.29) is 17.7 Å². The number of hydrogen-bond acceptors (Lipinski definition) is 4. The van der Waals surface area contributed by atoms with Crippen molar-refractivity contribution in [3.63, 3.8) is 0 Å². The highest BCUT2D eigenvalue weighted by atomic mass is 16.3. The Hall–Kier alpha value is -3.09. The molecule has 1 atom stereocenters. The van der Waals surface area contributed by atoms with Crippen LogP contribution in [0.2, 0.25) is 0 Å². The van der Waals surface area contributed by atoms with Crippen LogP contribution in [0.4, 0.5) is 10.5 Å². The Morgan fingerprint density at radius 1 is 1.28 bits per heavy atom. The van der Waals surface area contributed by atoms with Crippen molar-refractivity contribution in [2.45, 2.75) is 19.3 Å². The standard InChI is InChI=1S/C18H19N5O2/c1-12-6-9-23-17(19-11-20-23)16(12)21-18(25)22-8-7-14(10-22)13-2-4-15(24)5-3-13/h2-6,9,11,14,24H,7-8,10H2,1H3,(H,21,25). The first-order valence-electron chi connectivity index (χ1n) is 8.25. The van der Waals surface area contributed by atoms with Gasteiger partial charge in [-0.05, 0) is 42.7 Å². The molecule has 7 heteroatoms. The topological polar surface area (TPSA) is 82.8 Å². The molecule has 0 spiro atoms. The first-order chi connectivity index (χ1) is 12.1. The molecule has 1 aliphatic rings. The van der Waals surface area contributed by atoms with Gasteiger partial charge >= 0.3 is 6.03 Å². The number of phenols is 1. The molecule has 0 aliphatic carbocycles. The molecule has 3 heterocycles. The third-order valence-electron chi connectivity index (χ3n) is 4.73. The maximum atomic E-state index is 12.7. The predicted molar refractivity (Wildman–Crippen MR) is 93.8 cm³/mol. The number of phenolic OH excluding ortho intramolecular Hbond substituents is 1. The van der Waals surface area contributed by atoms with E-state index in [1.54, 1.807) is 16.6 Å². The lowest BCUT2D eigenvalue weighted by Gasteiger charge is -2.18. The lowest BCUT2D eigenvalue weighted by atomic mass is 9.98. The smallest absolute Gasteiger partial charge is 0.321 e. The van der Waals surface area contributed by atoms with E-state index in [2.05, 4.69) is 15.4 Å². The second kappa shape index (κ2) is 6.08. The van der Waals surface area contributed by atoms with Crippen LogP contribution in [0.1, 0.15) is 23.5 Å². The monoisotopic (exact) mass is 337 g/mol. The Morgan fingerprint density at radius 3 is 2.88 bits per heavy atom. The molecule has 2 amide bonds. The van der Waals surface area contributed by atoms with Gasteiger partial charge in [-0.2, -0.15) is 5.10 Å². The van der Waals surface area contributed by atoms with Gasteiger partial charge in [-0.3, -0.25) is 0 Å². The van der Waals surface area contributed by atoms with Crippen molar-refractivity contribution in [3.8, 4) is 5.75 Å². The molecule has 7 nitrogen and oxygen atoms in total. The van der Waals surface area contributed by atoms with Crippen LogP contribution in [0.15, 0.2) is 42.9 Å². The van der Waals surface area contributed by atoms with Crippen molar-refractivity contribution in [1.29, 1.82) is 0 Å². The summed E-state index contributed by atoms with van der Waals surface area (Å²) in [5.74, 6) is 0.546. The van der Waals surface area contributed by atoms with Crippen LogP contribution in [0, 0.1) is 6.92 Å². The van der Waals surface area contributed by atoms with Gasteiger partial charge < -0.3 is 15.3 Å². The number of fused-ring (bicyclic) bond motifs is 1. The van der Waals surface area contributed by atoms with Crippen molar-refractivity contribution >= 4 is 17.4 Å². The van der Waals surface area contributed by atoms with Crippen LogP contribution in [0.25, 0.3) is 5.65 Å². The number of aromatic nitrogens is 3. The first-order valence-corrected chi connectivity index (χ1v) is 8.25. The molecule has 1 unspecified atom stereocenters. The molecule has 1 fully saturated rings. The van der Waals surface area contributed by atoms with Crippen molar-refractivity contribution < 1.29 is 9.90 Å². The van der Waals surface area contributed by atoms with E-state index in [9.17, 15) is 9.90 Å². The number of rotatable bonds is 2. The number of carbonyl (C=O) groups is 1. The van der Waals surface area contributed by atoms with Crippen molar-refractivity contribution in [2.75, 3.05) is 18.4 Å². The summed E-state index contributed by atoms with van der Waals surface area (Å²) in [6.07, 6.45) is 4.21. The molecular weight excluding hydrogens is 318 g/mol. The van der Waals surface area contributed by atoms with Gasteiger partial charge in [0.15, 0.2) is 5.65 Å². The SMILES string of the molecule is Cc1ccn2ncnc2c1NC(=O)N1CCC(c2ccc(O)cc2)C1. The summed E-state index contributed by atoms with van der Waals surface area (Å²) in [6, 6.07) is 8.99. The minimum atomic E-state index is -0.125.